The Morgan fingerprint density at radius 3 is 2.71 bits per heavy atom. The zero-order valence-corrected chi connectivity index (χ0v) is 15.1. The molecule has 1 aliphatic rings. The first-order valence-electron chi connectivity index (χ1n) is 8.98. The Morgan fingerprint density at radius 1 is 1.21 bits per heavy atom. The number of aromatic amines is 1. The normalized spacial score (nSPS) is 15.1. The molecule has 4 rings (SSSR count). The number of aromatic nitrogens is 4. The highest BCUT2D eigenvalue weighted by atomic mass is 19.1. The standard InChI is InChI=1S/C18H20FN7O2/c19-3-4-25-5-7-26(8-6-25)13-1-2-15(20-11-13)23-18-21-10-12-9-14(17(27)28)22-16(12)24-18/h1-2,9-11H,3-8H2,(H,27,28)(H2,20,21,22,23,24). The highest BCUT2D eigenvalue weighted by molar-refractivity contribution is 5.92. The molecule has 3 aromatic rings. The van der Waals surface area contributed by atoms with Crippen LogP contribution in [0.15, 0.2) is 30.6 Å². The summed E-state index contributed by atoms with van der Waals surface area (Å²) in [5.74, 6) is -0.133. The molecular weight excluding hydrogens is 365 g/mol. The van der Waals surface area contributed by atoms with Gasteiger partial charge in [-0.2, -0.15) is 4.98 Å². The van der Waals surface area contributed by atoms with Gasteiger partial charge in [-0.15, -0.1) is 0 Å². The first kappa shape index (κ1) is 18.1. The highest BCUT2D eigenvalue weighted by Crippen LogP contribution is 2.20. The van der Waals surface area contributed by atoms with Crippen LogP contribution in [-0.4, -0.2) is 75.3 Å². The number of aromatic carboxylic acids is 1. The number of rotatable bonds is 6. The summed E-state index contributed by atoms with van der Waals surface area (Å²) < 4.78 is 12.4. The summed E-state index contributed by atoms with van der Waals surface area (Å²) in [7, 11) is 0. The van der Waals surface area contributed by atoms with Crippen LogP contribution in [0.5, 0.6) is 0 Å². The molecule has 10 heteroatoms. The van der Waals surface area contributed by atoms with Crippen LogP contribution < -0.4 is 10.2 Å². The van der Waals surface area contributed by atoms with Gasteiger partial charge in [0.25, 0.3) is 0 Å². The molecule has 0 radical (unpaired) electrons. The van der Waals surface area contributed by atoms with Crippen molar-refractivity contribution in [1.82, 2.24) is 24.8 Å². The molecule has 3 N–H and O–H groups in total. The molecule has 0 aliphatic carbocycles. The second-order valence-electron chi connectivity index (χ2n) is 6.53. The van der Waals surface area contributed by atoms with E-state index >= 15 is 0 Å². The van der Waals surface area contributed by atoms with Crippen molar-refractivity contribution in [3.63, 3.8) is 0 Å². The molecule has 1 saturated heterocycles. The molecule has 0 bridgehead atoms. The van der Waals surface area contributed by atoms with Crippen molar-refractivity contribution >= 4 is 34.5 Å². The van der Waals surface area contributed by atoms with Crippen molar-refractivity contribution < 1.29 is 14.3 Å². The summed E-state index contributed by atoms with van der Waals surface area (Å²) in [5, 5.41) is 12.7. The van der Waals surface area contributed by atoms with Gasteiger partial charge in [0.1, 0.15) is 23.8 Å². The molecule has 0 saturated carbocycles. The number of halogens is 1. The zero-order chi connectivity index (χ0) is 19.5. The van der Waals surface area contributed by atoms with Gasteiger partial charge in [-0.1, -0.05) is 0 Å². The third-order valence-corrected chi connectivity index (χ3v) is 4.73. The van der Waals surface area contributed by atoms with Gasteiger partial charge in [-0.05, 0) is 18.2 Å². The Bertz CT molecular complexity index is 968. The second kappa shape index (κ2) is 7.77. The Labute approximate surface area is 160 Å². The van der Waals surface area contributed by atoms with Gasteiger partial charge in [0.15, 0.2) is 0 Å². The molecule has 9 nitrogen and oxygen atoms in total. The van der Waals surface area contributed by atoms with Crippen LogP contribution >= 0.6 is 0 Å². The van der Waals surface area contributed by atoms with E-state index in [1.807, 2.05) is 12.1 Å². The van der Waals surface area contributed by atoms with Crippen molar-refractivity contribution in [2.45, 2.75) is 0 Å². The molecule has 1 fully saturated rings. The fourth-order valence-corrected chi connectivity index (χ4v) is 3.20. The maximum absolute atomic E-state index is 12.4. The van der Waals surface area contributed by atoms with Crippen LogP contribution in [-0.2, 0) is 0 Å². The molecule has 0 amide bonds. The number of carbonyl (C=O) groups is 1. The minimum atomic E-state index is -1.05. The van der Waals surface area contributed by atoms with Crippen molar-refractivity contribution in [3.05, 3.63) is 36.3 Å². The highest BCUT2D eigenvalue weighted by Gasteiger charge is 2.17. The van der Waals surface area contributed by atoms with E-state index in [2.05, 4.69) is 35.1 Å². The molecule has 146 valence electrons. The number of H-pyrrole nitrogens is 1. The number of carboxylic acid groups (broad SMARTS) is 1. The molecule has 0 atom stereocenters. The second-order valence-corrected chi connectivity index (χ2v) is 6.53. The number of pyridine rings is 1. The molecule has 0 aromatic carbocycles. The van der Waals surface area contributed by atoms with Gasteiger partial charge < -0.3 is 20.3 Å². The van der Waals surface area contributed by atoms with E-state index in [-0.39, 0.29) is 12.4 Å². The average molecular weight is 385 g/mol. The number of anilines is 3. The third-order valence-electron chi connectivity index (χ3n) is 4.73. The number of nitrogens with zero attached hydrogens (tertiary/aromatic N) is 5. The molecule has 0 unspecified atom stereocenters. The number of hydrogen-bond donors (Lipinski definition) is 3. The monoisotopic (exact) mass is 385 g/mol. The number of fused-ring (bicyclic) bond motifs is 1. The molecular formula is C18H20FN7O2. The topological polar surface area (TPSA) is 110 Å². The largest absolute Gasteiger partial charge is 0.477 e. The lowest BCUT2D eigenvalue weighted by Crippen LogP contribution is -2.47. The van der Waals surface area contributed by atoms with Crippen LogP contribution in [0.25, 0.3) is 11.0 Å². The number of alkyl halides is 1. The van der Waals surface area contributed by atoms with Crippen LogP contribution in [0.4, 0.5) is 21.8 Å². The summed E-state index contributed by atoms with van der Waals surface area (Å²) >= 11 is 0. The molecule has 1 aliphatic heterocycles. The smallest absolute Gasteiger partial charge is 0.352 e. The van der Waals surface area contributed by atoms with Gasteiger partial charge in [0, 0.05) is 44.3 Å². The number of nitrogens with one attached hydrogen (secondary N) is 2. The van der Waals surface area contributed by atoms with Gasteiger partial charge in [0.05, 0.1) is 11.9 Å². The van der Waals surface area contributed by atoms with Crippen LogP contribution in [0.2, 0.25) is 0 Å². The van der Waals surface area contributed by atoms with Gasteiger partial charge in [-0.3, -0.25) is 4.90 Å². The fraction of sp³-hybridized carbons (Fsp3) is 0.333. The van der Waals surface area contributed by atoms with Crippen LogP contribution in [0, 0.1) is 0 Å². The van der Waals surface area contributed by atoms with Gasteiger partial charge in [-0.25, -0.2) is 19.2 Å². The van der Waals surface area contributed by atoms with Crippen LogP contribution in [0.3, 0.4) is 0 Å². The molecule has 0 spiro atoms. The van der Waals surface area contributed by atoms with E-state index in [0.717, 1.165) is 31.9 Å². The minimum absolute atomic E-state index is 0.0653. The lowest BCUT2D eigenvalue weighted by Gasteiger charge is -2.35. The summed E-state index contributed by atoms with van der Waals surface area (Å²) in [6.07, 6.45) is 3.34. The van der Waals surface area contributed by atoms with Gasteiger partial charge >= 0.3 is 5.97 Å². The lowest BCUT2D eigenvalue weighted by atomic mass is 10.2. The summed E-state index contributed by atoms with van der Waals surface area (Å²) in [6.45, 7) is 3.54. The maximum atomic E-state index is 12.4. The van der Waals surface area contributed by atoms with E-state index in [4.69, 9.17) is 5.11 Å². The van der Waals surface area contributed by atoms with Gasteiger partial charge in [0.2, 0.25) is 5.95 Å². The Morgan fingerprint density at radius 2 is 2.04 bits per heavy atom. The summed E-state index contributed by atoms with van der Waals surface area (Å²) in [4.78, 5) is 31.0. The van der Waals surface area contributed by atoms with Crippen LogP contribution in [0.1, 0.15) is 10.5 Å². The minimum Gasteiger partial charge on any atom is -0.477 e. The lowest BCUT2D eigenvalue weighted by molar-refractivity contribution is 0.0691. The van der Waals surface area contributed by atoms with E-state index < -0.39 is 5.97 Å². The SMILES string of the molecule is O=C(O)c1cc2cnc(Nc3ccc(N4CCN(CCF)CC4)cn3)nc2[nH]1. The van der Waals surface area contributed by atoms with E-state index in [1.165, 1.54) is 6.07 Å². The quantitative estimate of drug-likeness (QED) is 0.590. The zero-order valence-electron chi connectivity index (χ0n) is 15.1. The number of carboxylic acids is 1. The Kier molecular flexibility index (Phi) is 5.02. The average Bonchev–Trinajstić information content (AvgIpc) is 3.13. The Balaban J connectivity index is 1.42. The van der Waals surface area contributed by atoms with Crippen molar-refractivity contribution in [1.29, 1.82) is 0 Å². The molecule has 4 heterocycles. The van der Waals surface area contributed by atoms with Crippen molar-refractivity contribution in [2.24, 2.45) is 0 Å². The predicted octanol–water partition coefficient (Wildman–Crippen LogP) is 1.89. The molecule has 3 aromatic heterocycles. The fourth-order valence-electron chi connectivity index (χ4n) is 3.20. The molecule has 28 heavy (non-hydrogen) atoms. The first-order chi connectivity index (χ1) is 13.6. The van der Waals surface area contributed by atoms with E-state index in [1.54, 1.807) is 12.4 Å². The van der Waals surface area contributed by atoms with E-state index in [0.29, 0.717) is 29.3 Å². The summed E-state index contributed by atoms with van der Waals surface area (Å²) in [5.41, 5.74) is 1.52. The first-order valence-corrected chi connectivity index (χ1v) is 8.98. The predicted molar refractivity (Wildman–Crippen MR) is 103 cm³/mol. The number of hydrogen-bond acceptors (Lipinski definition) is 7. The number of piperazine rings is 1. The van der Waals surface area contributed by atoms with Crippen molar-refractivity contribution in [2.75, 3.05) is 49.6 Å². The Hall–Kier alpha value is -3.27. The third kappa shape index (κ3) is 3.86. The van der Waals surface area contributed by atoms with E-state index in [9.17, 15) is 9.18 Å². The maximum Gasteiger partial charge on any atom is 0.352 e. The summed E-state index contributed by atoms with van der Waals surface area (Å²) in [6, 6.07) is 5.30. The van der Waals surface area contributed by atoms with Crippen molar-refractivity contribution in [3.8, 4) is 0 Å².